The molecule has 2 N–H and O–H groups in total. The standard InChI is InChI=1S/C28H26ClN5O.C2HF3O2/c29-21-7-4-8-24(17-21)34-27(35)25-10-9-23(18-26(25)33-16-13-30-28(33)34)31-22-11-14-32(15-12-22)19-20-5-2-1-3-6-20;3-2(4,5)1(6)7/h1-10,13,16-18,22,31H,11-12,14-15,19H2;(H,6,7). The van der Waals surface area contributed by atoms with E-state index in [-0.39, 0.29) is 5.56 Å². The van der Waals surface area contributed by atoms with Crippen LogP contribution in [-0.2, 0) is 11.3 Å². The molecule has 1 fully saturated rings. The number of piperidine rings is 1. The molecule has 3 heterocycles. The molecule has 0 atom stereocenters. The van der Waals surface area contributed by atoms with Crippen molar-refractivity contribution in [3.63, 3.8) is 0 Å². The lowest BCUT2D eigenvalue weighted by Crippen LogP contribution is -2.38. The van der Waals surface area contributed by atoms with Crippen LogP contribution in [0.4, 0.5) is 18.9 Å². The Labute approximate surface area is 243 Å². The number of hydrogen-bond acceptors (Lipinski definition) is 5. The fourth-order valence-corrected chi connectivity index (χ4v) is 5.21. The molecule has 0 spiro atoms. The van der Waals surface area contributed by atoms with Crippen LogP contribution in [0, 0.1) is 0 Å². The molecule has 42 heavy (non-hydrogen) atoms. The zero-order valence-electron chi connectivity index (χ0n) is 22.3. The van der Waals surface area contributed by atoms with Crippen molar-refractivity contribution in [3.8, 4) is 5.69 Å². The van der Waals surface area contributed by atoms with E-state index >= 15 is 0 Å². The molecule has 3 aromatic carbocycles. The molecule has 1 saturated heterocycles. The number of likely N-dealkylation sites (tertiary alicyclic amines) is 1. The van der Waals surface area contributed by atoms with Crippen molar-refractivity contribution in [2.45, 2.75) is 31.6 Å². The fraction of sp³-hybridized carbons (Fsp3) is 0.233. The van der Waals surface area contributed by atoms with Crippen LogP contribution >= 0.6 is 11.6 Å². The highest BCUT2D eigenvalue weighted by Crippen LogP contribution is 2.24. The Morgan fingerprint density at radius 3 is 2.40 bits per heavy atom. The number of nitrogens with zero attached hydrogens (tertiary/aromatic N) is 4. The van der Waals surface area contributed by atoms with E-state index < -0.39 is 12.1 Å². The molecule has 0 saturated carbocycles. The lowest BCUT2D eigenvalue weighted by Gasteiger charge is -2.33. The van der Waals surface area contributed by atoms with E-state index in [4.69, 9.17) is 21.5 Å². The van der Waals surface area contributed by atoms with Gasteiger partial charge in [-0.3, -0.25) is 14.1 Å². The number of anilines is 1. The van der Waals surface area contributed by atoms with Gasteiger partial charge < -0.3 is 10.4 Å². The molecule has 218 valence electrons. The summed E-state index contributed by atoms with van der Waals surface area (Å²) in [5.74, 6) is -2.19. The first-order valence-corrected chi connectivity index (χ1v) is 13.6. The van der Waals surface area contributed by atoms with Gasteiger partial charge in [0.05, 0.1) is 16.6 Å². The molecule has 12 heteroatoms. The van der Waals surface area contributed by atoms with Crippen LogP contribution in [0.5, 0.6) is 0 Å². The van der Waals surface area contributed by atoms with Gasteiger partial charge in [0.1, 0.15) is 0 Å². The number of hydrogen-bond donors (Lipinski definition) is 2. The SMILES string of the molecule is O=C(O)C(F)(F)F.O=c1c2ccc(NC3CCN(Cc4ccccc4)CC3)cc2n2ccnc2n1-c1cccc(Cl)c1. The predicted molar refractivity (Wildman–Crippen MR) is 155 cm³/mol. The maximum Gasteiger partial charge on any atom is 0.490 e. The minimum atomic E-state index is -5.08. The van der Waals surface area contributed by atoms with E-state index in [1.54, 1.807) is 22.9 Å². The summed E-state index contributed by atoms with van der Waals surface area (Å²) in [6.07, 6.45) is 0.700. The molecule has 8 nitrogen and oxygen atoms in total. The van der Waals surface area contributed by atoms with Gasteiger partial charge in [-0.25, -0.2) is 14.3 Å². The van der Waals surface area contributed by atoms with Crippen LogP contribution in [0.15, 0.2) is 90.0 Å². The maximum absolute atomic E-state index is 13.5. The van der Waals surface area contributed by atoms with Crippen molar-refractivity contribution in [2.75, 3.05) is 18.4 Å². The third kappa shape index (κ3) is 6.58. The molecule has 0 bridgehead atoms. The average molecular weight is 598 g/mol. The number of carboxylic acid groups (broad SMARTS) is 1. The van der Waals surface area contributed by atoms with Crippen LogP contribution < -0.4 is 10.9 Å². The number of alkyl halides is 3. The van der Waals surface area contributed by atoms with Crippen molar-refractivity contribution < 1.29 is 23.1 Å². The first-order chi connectivity index (χ1) is 20.1. The monoisotopic (exact) mass is 597 g/mol. The molecule has 1 aliphatic heterocycles. The van der Waals surface area contributed by atoms with Gasteiger partial charge in [0.25, 0.3) is 5.56 Å². The van der Waals surface area contributed by atoms with E-state index in [9.17, 15) is 18.0 Å². The normalized spacial score (nSPS) is 14.5. The number of halogens is 4. The molecule has 0 amide bonds. The zero-order chi connectivity index (χ0) is 29.9. The summed E-state index contributed by atoms with van der Waals surface area (Å²) in [5.41, 5.74) is 3.81. The van der Waals surface area contributed by atoms with Crippen molar-refractivity contribution in [1.29, 1.82) is 0 Å². The first-order valence-electron chi connectivity index (χ1n) is 13.2. The second kappa shape index (κ2) is 12.3. The van der Waals surface area contributed by atoms with Crippen LogP contribution in [0.1, 0.15) is 18.4 Å². The topological polar surface area (TPSA) is 91.9 Å². The largest absolute Gasteiger partial charge is 0.490 e. The average Bonchev–Trinajstić information content (AvgIpc) is 3.45. The van der Waals surface area contributed by atoms with Gasteiger partial charge in [-0.1, -0.05) is 48.0 Å². The molecule has 5 aromatic rings. The minimum Gasteiger partial charge on any atom is -0.475 e. The van der Waals surface area contributed by atoms with Crippen LogP contribution in [0.2, 0.25) is 5.02 Å². The minimum absolute atomic E-state index is 0.110. The summed E-state index contributed by atoms with van der Waals surface area (Å²) in [5, 5.41) is 12.0. The number of carboxylic acids is 1. The molecular weight excluding hydrogens is 571 g/mol. The Hall–Kier alpha value is -4.35. The number of fused-ring (bicyclic) bond motifs is 3. The molecule has 0 unspecified atom stereocenters. The lowest BCUT2D eigenvalue weighted by atomic mass is 10.0. The third-order valence-corrected chi connectivity index (χ3v) is 7.26. The second-order valence-corrected chi connectivity index (χ2v) is 10.4. The Morgan fingerprint density at radius 2 is 1.74 bits per heavy atom. The first kappa shape index (κ1) is 29.2. The summed E-state index contributed by atoms with van der Waals surface area (Å²) < 4.78 is 35.3. The summed E-state index contributed by atoms with van der Waals surface area (Å²) in [7, 11) is 0. The Balaban J connectivity index is 0.000000451. The lowest BCUT2D eigenvalue weighted by molar-refractivity contribution is -0.192. The van der Waals surface area contributed by atoms with Crippen molar-refractivity contribution in [1.82, 2.24) is 18.9 Å². The smallest absolute Gasteiger partial charge is 0.475 e. The highest BCUT2D eigenvalue weighted by molar-refractivity contribution is 6.30. The summed E-state index contributed by atoms with van der Waals surface area (Å²) in [6.45, 7) is 3.13. The third-order valence-electron chi connectivity index (χ3n) is 7.03. The number of aliphatic carboxylic acids is 1. The Morgan fingerprint density at radius 1 is 1.02 bits per heavy atom. The molecule has 6 rings (SSSR count). The Kier molecular flexibility index (Phi) is 8.51. The number of aromatic nitrogens is 3. The van der Waals surface area contributed by atoms with E-state index in [0.29, 0.717) is 27.9 Å². The van der Waals surface area contributed by atoms with E-state index in [1.165, 1.54) is 5.56 Å². The van der Waals surface area contributed by atoms with Crippen LogP contribution in [-0.4, -0.2) is 55.2 Å². The van der Waals surface area contributed by atoms with Gasteiger partial charge in [-0.05, 0) is 54.8 Å². The number of imidazole rings is 1. The summed E-state index contributed by atoms with van der Waals surface area (Å²) in [4.78, 5) is 29.4. The summed E-state index contributed by atoms with van der Waals surface area (Å²) in [6, 6.07) is 24.3. The van der Waals surface area contributed by atoms with Crippen molar-refractivity contribution in [3.05, 3.63) is 106 Å². The van der Waals surface area contributed by atoms with E-state index in [1.807, 2.05) is 34.9 Å². The van der Waals surface area contributed by atoms with Gasteiger partial charge >= 0.3 is 12.1 Å². The molecule has 0 radical (unpaired) electrons. The molecule has 0 aliphatic carbocycles. The van der Waals surface area contributed by atoms with Crippen molar-refractivity contribution >= 4 is 39.9 Å². The summed E-state index contributed by atoms with van der Waals surface area (Å²) >= 11 is 6.20. The van der Waals surface area contributed by atoms with Crippen molar-refractivity contribution in [2.24, 2.45) is 0 Å². The van der Waals surface area contributed by atoms with Crippen LogP contribution in [0.25, 0.3) is 22.4 Å². The number of carbonyl (C=O) groups is 1. The highest BCUT2D eigenvalue weighted by atomic mass is 35.5. The van der Waals surface area contributed by atoms with Gasteiger partial charge in [0.2, 0.25) is 5.78 Å². The highest BCUT2D eigenvalue weighted by Gasteiger charge is 2.38. The van der Waals surface area contributed by atoms with E-state index in [0.717, 1.165) is 43.7 Å². The molecule has 1 aliphatic rings. The second-order valence-electron chi connectivity index (χ2n) is 9.93. The number of nitrogens with one attached hydrogen (secondary N) is 1. The molecular formula is C30H27ClF3N5O3. The maximum atomic E-state index is 13.5. The fourth-order valence-electron chi connectivity index (χ4n) is 5.02. The quantitative estimate of drug-likeness (QED) is 0.258. The van der Waals surface area contributed by atoms with Gasteiger partial charge in [0, 0.05) is 48.8 Å². The predicted octanol–water partition coefficient (Wildman–Crippen LogP) is 6.00. The Bertz CT molecular complexity index is 1760. The van der Waals surface area contributed by atoms with Gasteiger partial charge in [0.15, 0.2) is 0 Å². The van der Waals surface area contributed by atoms with Gasteiger partial charge in [-0.15, -0.1) is 0 Å². The van der Waals surface area contributed by atoms with Crippen LogP contribution in [0.3, 0.4) is 0 Å². The van der Waals surface area contributed by atoms with E-state index in [2.05, 4.69) is 51.6 Å². The zero-order valence-corrected chi connectivity index (χ0v) is 23.0. The number of benzene rings is 3. The molecule has 2 aromatic heterocycles. The van der Waals surface area contributed by atoms with Gasteiger partial charge in [-0.2, -0.15) is 13.2 Å². The number of rotatable bonds is 5.